The van der Waals surface area contributed by atoms with Gasteiger partial charge in [-0.05, 0) is 56.3 Å². The van der Waals surface area contributed by atoms with Crippen LogP contribution in [0.15, 0.2) is 24.3 Å². The van der Waals surface area contributed by atoms with E-state index < -0.39 is 0 Å². The van der Waals surface area contributed by atoms with Crippen LogP contribution in [0.25, 0.3) is 0 Å². The van der Waals surface area contributed by atoms with Crippen LogP contribution in [-0.2, 0) is 11.2 Å². The summed E-state index contributed by atoms with van der Waals surface area (Å²) in [7, 11) is 3.59. The van der Waals surface area contributed by atoms with E-state index in [1.54, 1.807) is 7.11 Å². The van der Waals surface area contributed by atoms with Crippen LogP contribution in [0.3, 0.4) is 0 Å². The molecule has 1 saturated heterocycles. The van der Waals surface area contributed by atoms with Gasteiger partial charge in [-0.3, -0.25) is 4.79 Å². The second-order valence-electron chi connectivity index (χ2n) is 6.11. The van der Waals surface area contributed by atoms with E-state index >= 15 is 0 Å². The van der Waals surface area contributed by atoms with Crippen molar-refractivity contribution < 1.29 is 9.53 Å². The Labute approximate surface area is 133 Å². The number of ether oxygens (including phenoxy) is 1. The van der Waals surface area contributed by atoms with Gasteiger partial charge in [0, 0.05) is 20.0 Å². The summed E-state index contributed by atoms with van der Waals surface area (Å²) in [5, 5.41) is 3.37. The molecule has 0 spiro atoms. The Morgan fingerprint density at radius 1 is 1.32 bits per heavy atom. The number of nitrogens with one attached hydrogen (secondary N) is 1. The average Bonchev–Trinajstić information content (AvgIpc) is 2.58. The fourth-order valence-electron chi connectivity index (χ4n) is 3.01. The van der Waals surface area contributed by atoms with E-state index in [9.17, 15) is 4.79 Å². The van der Waals surface area contributed by atoms with Crippen LogP contribution in [0.5, 0.6) is 5.75 Å². The van der Waals surface area contributed by atoms with E-state index in [0.717, 1.165) is 43.8 Å². The van der Waals surface area contributed by atoms with Gasteiger partial charge < -0.3 is 15.0 Å². The van der Waals surface area contributed by atoms with Gasteiger partial charge in [-0.1, -0.05) is 18.2 Å². The van der Waals surface area contributed by atoms with Crippen LogP contribution in [0.1, 0.15) is 31.2 Å². The van der Waals surface area contributed by atoms with E-state index in [1.165, 1.54) is 12.8 Å². The monoisotopic (exact) mass is 304 g/mol. The molecular formula is C18H28N2O2. The molecule has 0 bridgehead atoms. The molecule has 4 nitrogen and oxygen atoms in total. The van der Waals surface area contributed by atoms with E-state index in [-0.39, 0.29) is 5.91 Å². The van der Waals surface area contributed by atoms with Crippen LogP contribution in [0, 0.1) is 5.92 Å². The summed E-state index contributed by atoms with van der Waals surface area (Å²) in [5.41, 5.74) is 1.16. The van der Waals surface area contributed by atoms with Crippen molar-refractivity contribution in [1.29, 1.82) is 0 Å². The molecule has 22 heavy (non-hydrogen) atoms. The fourth-order valence-corrected chi connectivity index (χ4v) is 3.01. The number of rotatable bonds is 7. The van der Waals surface area contributed by atoms with Gasteiger partial charge >= 0.3 is 0 Å². The lowest BCUT2D eigenvalue weighted by atomic mass is 9.93. The molecule has 2 rings (SSSR count). The summed E-state index contributed by atoms with van der Waals surface area (Å²) < 4.78 is 5.36. The first-order valence-electron chi connectivity index (χ1n) is 8.27. The van der Waals surface area contributed by atoms with Crippen molar-refractivity contribution in [3.8, 4) is 5.75 Å². The molecule has 1 amide bonds. The van der Waals surface area contributed by atoms with Crippen molar-refractivity contribution in [3.05, 3.63) is 29.8 Å². The number of methoxy groups -OCH3 is 1. The summed E-state index contributed by atoms with van der Waals surface area (Å²) in [6.45, 7) is 2.94. The second-order valence-corrected chi connectivity index (χ2v) is 6.11. The molecule has 1 aliphatic rings. The standard InChI is InChI=1S/C18H28N2O2/c1-20(14-11-16-5-3-4-6-17(16)22-2)18(21)8-7-15-9-12-19-13-10-15/h3-6,15,19H,7-14H2,1-2H3. The summed E-state index contributed by atoms with van der Waals surface area (Å²) in [6.07, 6.45) is 4.95. The van der Waals surface area contributed by atoms with Gasteiger partial charge in [0.2, 0.25) is 5.91 Å². The van der Waals surface area contributed by atoms with E-state index in [2.05, 4.69) is 11.4 Å². The van der Waals surface area contributed by atoms with Crippen LogP contribution < -0.4 is 10.1 Å². The minimum absolute atomic E-state index is 0.258. The molecule has 0 atom stereocenters. The lowest BCUT2D eigenvalue weighted by molar-refractivity contribution is -0.130. The van der Waals surface area contributed by atoms with Crippen LogP contribution in [0.4, 0.5) is 0 Å². The van der Waals surface area contributed by atoms with Crippen molar-refractivity contribution in [2.24, 2.45) is 5.92 Å². The van der Waals surface area contributed by atoms with Crippen molar-refractivity contribution in [2.45, 2.75) is 32.1 Å². The molecule has 1 heterocycles. The molecule has 4 heteroatoms. The van der Waals surface area contributed by atoms with Crippen molar-refractivity contribution in [3.63, 3.8) is 0 Å². The number of benzene rings is 1. The third-order valence-corrected chi connectivity index (χ3v) is 4.56. The van der Waals surface area contributed by atoms with E-state index in [1.807, 2.05) is 30.1 Å². The van der Waals surface area contributed by atoms with Gasteiger partial charge in [-0.15, -0.1) is 0 Å². The highest BCUT2D eigenvalue weighted by atomic mass is 16.5. The zero-order chi connectivity index (χ0) is 15.8. The third-order valence-electron chi connectivity index (χ3n) is 4.56. The lowest BCUT2D eigenvalue weighted by Gasteiger charge is -2.23. The molecular weight excluding hydrogens is 276 g/mol. The van der Waals surface area contributed by atoms with Gasteiger partial charge in [0.1, 0.15) is 5.75 Å². The Morgan fingerprint density at radius 3 is 2.77 bits per heavy atom. The number of carbonyl (C=O) groups is 1. The highest BCUT2D eigenvalue weighted by Gasteiger charge is 2.16. The summed E-state index contributed by atoms with van der Waals surface area (Å²) in [6, 6.07) is 8.01. The van der Waals surface area contributed by atoms with Crippen molar-refractivity contribution in [2.75, 3.05) is 33.8 Å². The minimum atomic E-state index is 0.258. The molecule has 1 aromatic rings. The maximum atomic E-state index is 12.2. The normalized spacial score (nSPS) is 15.5. The topological polar surface area (TPSA) is 41.6 Å². The largest absolute Gasteiger partial charge is 0.496 e. The van der Waals surface area contributed by atoms with Crippen LogP contribution in [-0.4, -0.2) is 44.6 Å². The first-order chi connectivity index (χ1) is 10.7. The molecule has 1 aromatic carbocycles. The molecule has 122 valence electrons. The Morgan fingerprint density at radius 2 is 2.05 bits per heavy atom. The van der Waals surface area contributed by atoms with Gasteiger partial charge in [0.05, 0.1) is 7.11 Å². The summed E-state index contributed by atoms with van der Waals surface area (Å²) in [5.74, 6) is 1.87. The smallest absolute Gasteiger partial charge is 0.222 e. The molecule has 1 fully saturated rings. The first kappa shape index (κ1) is 16.8. The lowest BCUT2D eigenvalue weighted by Crippen LogP contribution is -2.31. The summed E-state index contributed by atoms with van der Waals surface area (Å²) in [4.78, 5) is 14.1. The number of amides is 1. The average molecular weight is 304 g/mol. The highest BCUT2D eigenvalue weighted by molar-refractivity contribution is 5.75. The van der Waals surface area contributed by atoms with Gasteiger partial charge in [0.15, 0.2) is 0 Å². The number of nitrogens with zero attached hydrogens (tertiary/aromatic N) is 1. The Kier molecular flexibility index (Phi) is 6.72. The Balaban J connectivity index is 1.73. The Hall–Kier alpha value is -1.55. The number of hydrogen-bond acceptors (Lipinski definition) is 3. The van der Waals surface area contributed by atoms with Crippen LogP contribution >= 0.6 is 0 Å². The Bertz CT molecular complexity index is 470. The maximum absolute atomic E-state index is 12.2. The molecule has 1 N–H and O–H groups in total. The van der Waals surface area contributed by atoms with Gasteiger partial charge in [-0.2, -0.15) is 0 Å². The number of piperidine rings is 1. The SMILES string of the molecule is COc1ccccc1CCN(C)C(=O)CCC1CCNCC1. The minimum Gasteiger partial charge on any atom is -0.496 e. The number of likely N-dealkylation sites (N-methyl/N-ethyl adjacent to an activating group) is 1. The third kappa shape index (κ3) is 5.02. The van der Waals surface area contributed by atoms with E-state index in [4.69, 9.17) is 4.74 Å². The zero-order valence-electron chi connectivity index (χ0n) is 13.8. The predicted octanol–water partition coefficient (Wildman–Crippen LogP) is 2.48. The molecule has 0 unspecified atom stereocenters. The molecule has 0 saturated carbocycles. The van der Waals surface area contributed by atoms with Crippen LogP contribution in [0.2, 0.25) is 0 Å². The second kappa shape index (κ2) is 8.79. The number of para-hydroxylation sites is 1. The van der Waals surface area contributed by atoms with Crippen molar-refractivity contribution in [1.82, 2.24) is 10.2 Å². The molecule has 0 aliphatic carbocycles. The summed E-state index contributed by atoms with van der Waals surface area (Å²) >= 11 is 0. The molecule has 0 radical (unpaired) electrons. The predicted molar refractivity (Wildman–Crippen MR) is 89.2 cm³/mol. The highest BCUT2D eigenvalue weighted by Crippen LogP contribution is 2.19. The molecule has 0 aromatic heterocycles. The fraction of sp³-hybridized carbons (Fsp3) is 0.611. The number of carbonyl (C=O) groups excluding carboxylic acids is 1. The quantitative estimate of drug-likeness (QED) is 0.841. The van der Waals surface area contributed by atoms with Gasteiger partial charge in [-0.25, -0.2) is 0 Å². The molecule has 1 aliphatic heterocycles. The van der Waals surface area contributed by atoms with E-state index in [0.29, 0.717) is 12.3 Å². The first-order valence-corrected chi connectivity index (χ1v) is 8.27. The van der Waals surface area contributed by atoms with Crippen molar-refractivity contribution >= 4 is 5.91 Å². The number of hydrogen-bond donors (Lipinski definition) is 1. The van der Waals surface area contributed by atoms with Gasteiger partial charge in [0.25, 0.3) is 0 Å². The maximum Gasteiger partial charge on any atom is 0.222 e. The zero-order valence-corrected chi connectivity index (χ0v) is 13.8.